The molecule has 1 unspecified atom stereocenters. The first-order valence-corrected chi connectivity index (χ1v) is 12.3. The number of carbonyl (C=O) groups is 3. The quantitative estimate of drug-likeness (QED) is 0.473. The number of nitrogens with zero attached hydrogens (tertiary/aromatic N) is 4. The number of hydrogen-bond donors (Lipinski definition) is 0. The van der Waals surface area contributed by atoms with Crippen LogP contribution < -0.4 is 0 Å². The number of likely N-dealkylation sites (N-methyl/N-ethyl adjacent to an activating group) is 1. The molecule has 1 atom stereocenters. The molecular weight excluding hydrogens is 456 g/mol. The Hall–Kier alpha value is -3.94. The molecule has 1 aliphatic heterocycles. The summed E-state index contributed by atoms with van der Waals surface area (Å²) >= 11 is 0. The van der Waals surface area contributed by atoms with Crippen LogP contribution in [0.25, 0.3) is 16.9 Å². The van der Waals surface area contributed by atoms with Crippen molar-refractivity contribution in [2.75, 3.05) is 33.3 Å². The number of piperidine rings is 1. The zero-order chi connectivity index (χ0) is 25.7. The van der Waals surface area contributed by atoms with Crippen LogP contribution in [0.3, 0.4) is 0 Å². The van der Waals surface area contributed by atoms with Crippen LogP contribution in [0, 0.1) is 12.8 Å². The smallest absolute Gasteiger partial charge is 0.310 e. The summed E-state index contributed by atoms with van der Waals surface area (Å²) in [7, 11) is 1.62. The largest absolute Gasteiger partial charge is 0.466 e. The highest BCUT2D eigenvalue weighted by Crippen LogP contribution is 2.25. The maximum Gasteiger partial charge on any atom is 0.310 e. The number of carbonyl (C=O) groups excluding carboxylic acids is 3. The lowest BCUT2D eigenvalue weighted by Gasteiger charge is -2.32. The molecule has 0 N–H and O–H groups in total. The van der Waals surface area contributed by atoms with Gasteiger partial charge in [0.25, 0.3) is 5.91 Å². The van der Waals surface area contributed by atoms with Crippen molar-refractivity contribution in [3.8, 4) is 16.9 Å². The molecule has 3 aromatic rings. The van der Waals surface area contributed by atoms with Gasteiger partial charge in [0.15, 0.2) is 0 Å². The number of aromatic nitrogens is 2. The standard InChI is InChI=1S/C28H32N4O4/c1-4-36-28(35)22-11-8-16-31(17-22)25(33)19-30(3)27(34)24-18-32(23-14-12-20(2)13-15-23)29-26(24)21-9-6-5-7-10-21/h5-7,9-10,12-15,18,22H,4,8,11,16-17,19H2,1-3H3. The summed E-state index contributed by atoms with van der Waals surface area (Å²) in [6, 6.07) is 17.4. The maximum absolute atomic E-state index is 13.5. The summed E-state index contributed by atoms with van der Waals surface area (Å²) in [4.78, 5) is 41.8. The Bertz CT molecular complexity index is 1220. The van der Waals surface area contributed by atoms with Gasteiger partial charge in [-0.3, -0.25) is 14.4 Å². The van der Waals surface area contributed by atoms with Crippen LogP contribution >= 0.6 is 0 Å². The van der Waals surface area contributed by atoms with Gasteiger partial charge in [0.2, 0.25) is 5.91 Å². The molecule has 2 amide bonds. The number of benzene rings is 2. The van der Waals surface area contributed by atoms with E-state index in [1.165, 1.54) is 4.90 Å². The lowest BCUT2D eigenvalue weighted by Crippen LogP contribution is -2.47. The minimum Gasteiger partial charge on any atom is -0.466 e. The van der Waals surface area contributed by atoms with Crippen LogP contribution in [0.2, 0.25) is 0 Å². The van der Waals surface area contributed by atoms with E-state index in [2.05, 4.69) is 0 Å². The predicted molar refractivity (Wildman–Crippen MR) is 137 cm³/mol. The Labute approximate surface area is 211 Å². The minimum atomic E-state index is -0.318. The van der Waals surface area contributed by atoms with Crippen LogP contribution in [0.5, 0.6) is 0 Å². The fraction of sp³-hybridized carbons (Fsp3) is 0.357. The minimum absolute atomic E-state index is 0.0850. The summed E-state index contributed by atoms with van der Waals surface area (Å²) < 4.78 is 6.83. The normalized spacial score (nSPS) is 15.4. The zero-order valence-electron chi connectivity index (χ0n) is 21.0. The third kappa shape index (κ3) is 5.64. The van der Waals surface area contributed by atoms with Crippen LogP contribution in [0.1, 0.15) is 35.7 Å². The molecule has 1 saturated heterocycles. The van der Waals surface area contributed by atoms with Crippen molar-refractivity contribution in [1.82, 2.24) is 19.6 Å². The number of esters is 1. The number of hydrogen-bond acceptors (Lipinski definition) is 5. The third-order valence-corrected chi connectivity index (χ3v) is 6.40. The fourth-order valence-corrected chi connectivity index (χ4v) is 4.41. The van der Waals surface area contributed by atoms with E-state index in [9.17, 15) is 14.4 Å². The molecule has 2 heterocycles. The molecule has 36 heavy (non-hydrogen) atoms. The van der Waals surface area contributed by atoms with E-state index in [0.717, 1.165) is 23.2 Å². The molecule has 1 aromatic heterocycles. The van der Waals surface area contributed by atoms with E-state index < -0.39 is 0 Å². The molecule has 0 bridgehead atoms. The maximum atomic E-state index is 13.5. The highest BCUT2D eigenvalue weighted by Gasteiger charge is 2.31. The number of rotatable bonds is 7. The summed E-state index contributed by atoms with van der Waals surface area (Å²) in [5.74, 6) is -1.07. The predicted octanol–water partition coefficient (Wildman–Crippen LogP) is 3.72. The molecule has 1 aliphatic rings. The topological polar surface area (TPSA) is 84.7 Å². The van der Waals surface area contributed by atoms with E-state index in [-0.39, 0.29) is 30.2 Å². The van der Waals surface area contributed by atoms with E-state index in [0.29, 0.717) is 37.4 Å². The van der Waals surface area contributed by atoms with Crippen LogP contribution in [-0.4, -0.2) is 70.7 Å². The number of likely N-dealkylation sites (tertiary alicyclic amines) is 1. The zero-order valence-corrected chi connectivity index (χ0v) is 21.0. The molecule has 4 rings (SSSR count). The Morgan fingerprint density at radius 1 is 1.08 bits per heavy atom. The molecule has 1 fully saturated rings. The van der Waals surface area contributed by atoms with Gasteiger partial charge in [0, 0.05) is 31.9 Å². The van der Waals surface area contributed by atoms with Crippen molar-refractivity contribution in [2.45, 2.75) is 26.7 Å². The van der Waals surface area contributed by atoms with Crippen LogP contribution in [-0.2, 0) is 14.3 Å². The Balaban J connectivity index is 1.54. The summed E-state index contributed by atoms with van der Waals surface area (Å²) in [5, 5.41) is 4.72. The van der Waals surface area contributed by atoms with Gasteiger partial charge in [0.05, 0.1) is 30.3 Å². The van der Waals surface area contributed by atoms with Crippen LogP contribution in [0.4, 0.5) is 0 Å². The lowest BCUT2D eigenvalue weighted by atomic mass is 9.98. The summed E-state index contributed by atoms with van der Waals surface area (Å²) in [6.45, 7) is 4.91. The van der Waals surface area contributed by atoms with Gasteiger partial charge in [-0.1, -0.05) is 48.0 Å². The molecule has 2 aromatic carbocycles. The van der Waals surface area contributed by atoms with Crippen molar-refractivity contribution in [2.24, 2.45) is 5.92 Å². The van der Waals surface area contributed by atoms with E-state index >= 15 is 0 Å². The molecule has 0 aliphatic carbocycles. The summed E-state index contributed by atoms with van der Waals surface area (Å²) in [6.07, 6.45) is 3.15. The SMILES string of the molecule is CCOC(=O)C1CCCN(C(=O)CN(C)C(=O)c2cn(-c3ccc(C)cc3)nc2-c2ccccc2)C1. The van der Waals surface area contributed by atoms with E-state index in [1.807, 2.05) is 61.5 Å². The fourth-order valence-electron chi connectivity index (χ4n) is 4.41. The first-order chi connectivity index (χ1) is 17.4. The molecule has 188 valence electrons. The Kier molecular flexibility index (Phi) is 7.83. The first kappa shape index (κ1) is 25.2. The van der Waals surface area contributed by atoms with Gasteiger partial charge in [0.1, 0.15) is 5.69 Å². The number of aryl methyl sites for hydroxylation is 1. The van der Waals surface area contributed by atoms with Crippen molar-refractivity contribution in [1.29, 1.82) is 0 Å². The van der Waals surface area contributed by atoms with Crippen LogP contribution in [0.15, 0.2) is 60.8 Å². The second-order valence-electron chi connectivity index (χ2n) is 9.13. The molecule has 8 heteroatoms. The monoisotopic (exact) mass is 488 g/mol. The Morgan fingerprint density at radius 3 is 2.50 bits per heavy atom. The lowest BCUT2D eigenvalue weighted by molar-refractivity contribution is -0.151. The van der Waals surface area contributed by atoms with Gasteiger partial charge < -0.3 is 14.5 Å². The molecule has 8 nitrogen and oxygen atoms in total. The second kappa shape index (κ2) is 11.2. The summed E-state index contributed by atoms with van der Waals surface area (Å²) in [5.41, 5.74) is 3.77. The average Bonchev–Trinajstić information content (AvgIpc) is 3.35. The van der Waals surface area contributed by atoms with Crippen molar-refractivity contribution in [3.63, 3.8) is 0 Å². The highest BCUT2D eigenvalue weighted by atomic mass is 16.5. The van der Waals surface area contributed by atoms with E-state index in [1.54, 1.807) is 29.7 Å². The third-order valence-electron chi connectivity index (χ3n) is 6.40. The molecule has 0 spiro atoms. The molecule has 0 radical (unpaired) electrons. The van der Waals surface area contributed by atoms with Gasteiger partial charge in [-0.25, -0.2) is 4.68 Å². The van der Waals surface area contributed by atoms with Crippen molar-refractivity contribution >= 4 is 17.8 Å². The van der Waals surface area contributed by atoms with Gasteiger partial charge >= 0.3 is 5.97 Å². The average molecular weight is 489 g/mol. The van der Waals surface area contributed by atoms with Crippen molar-refractivity contribution < 1.29 is 19.1 Å². The van der Waals surface area contributed by atoms with Gasteiger partial charge in [-0.2, -0.15) is 5.10 Å². The second-order valence-corrected chi connectivity index (χ2v) is 9.13. The van der Waals surface area contributed by atoms with E-state index in [4.69, 9.17) is 9.84 Å². The van der Waals surface area contributed by atoms with Gasteiger partial charge in [-0.15, -0.1) is 0 Å². The highest BCUT2D eigenvalue weighted by molar-refractivity contribution is 6.01. The molecule has 0 saturated carbocycles. The number of amides is 2. The Morgan fingerprint density at radius 2 is 1.81 bits per heavy atom. The number of ether oxygens (including phenoxy) is 1. The van der Waals surface area contributed by atoms with Crippen molar-refractivity contribution in [3.05, 3.63) is 71.9 Å². The molecular formula is C28H32N4O4. The van der Waals surface area contributed by atoms with Gasteiger partial charge in [-0.05, 0) is 38.8 Å². The first-order valence-electron chi connectivity index (χ1n) is 12.3.